The minimum atomic E-state index is -1.02. The predicted molar refractivity (Wildman–Crippen MR) is 34.5 cm³/mol. The first-order valence-corrected chi connectivity index (χ1v) is 4.35. The van der Waals surface area contributed by atoms with Gasteiger partial charge in [0, 0.05) is 0 Å². The molecule has 4 nitrogen and oxygen atoms in total. The molecule has 0 aliphatic carbocycles. The van der Waals surface area contributed by atoms with Crippen LogP contribution in [0.3, 0.4) is 0 Å². The summed E-state index contributed by atoms with van der Waals surface area (Å²) in [5, 5.41) is 0. The maximum atomic E-state index is 5.22. The predicted octanol–water partition coefficient (Wildman–Crippen LogP) is 0.675. The second kappa shape index (κ2) is 3.11. The number of hydrogen-bond acceptors (Lipinski definition) is 4. The maximum absolute atomic E-state index is 5.22. The molecule has 2 rings (SSSR count). The van der Waals surface area contributed by atoms with Crippen molar-refractivity contribution in [3.8, 4) is 0 Å². The van der Waals surface area contributed by atoms with E-state index in [-0.39, 0.29) is 0 Å². The zero-order valence-corrected chi connectivity index (χ0v) is 6.38. The number of ether oxygens (including phenoxy) is 1. The Morgan fingerprint density at radius 2 is 2.10 bits per heavy atom. The zero-order valence-electron chi connectivity index (χ0n) is 5.49. The van der Waals surface area contributed by atoms with E-state index in [1.165, 1.54) is 0 Å². The van der Waals surface area contributed by atoms with E-state index in [9.17, 15) is 0 Å². The number of epoxide rings is 1. The van der Waals surface area contributed by atoms with Gasteiger partial charge in [-0.3, -0.25) is 0 Å². The van der Waals surface area contributed by atoms with Crippen LogP contribution in [0.2, 0.25) is 0 Å². The van der Waals surface area contributed by atoms with E-state index in [1.807, 2.05) is 0 Å². The Kier molecular flexibility index (Phi) is 2.16. The quantitative estimate of drug-likeness (QED) is 0.454. The lowest BCUT2D eigenvalue weighted by Crippen LogP contribution is -1.96. The average molecular weight is 164 g/mol. The Labute approximate surface area is 60.4 Å². The Bertz CT molecular complexity index is 110. The highest BCUT2D eigenvalue weighted by Gasteiger charge is 2.27. The third kappa shape index (κ3) is 1.87. The molecular formula is C5H9O4P. The van der Waals surface area contributed by atoms with Crippen molar-refractivity contribution in [3.63, 3.8) is 0 Å². The summed E-state index contributed by atoms with van der Waals surface area (Å²) in [6, 6.07) is 0. The van der Waals surface area contributed by atoms with Crippen LogP contribution in [0.15, 0.2) is 0 Å². The highest BCUT2D eigenvalue weighted by Crippen LogP contribution is 2.43. The van der Waals surface area contributed by atoms with Crippen LogP contribution >= 0.6 is 8.60 Å². The molecule has 0 aromatic rings. The van der Waals surface area contributed by atoms with Crippen molar-refractivity contribution in [2.45, 2.75) is 6.10 Å². The van der Waals surface area contributed by atoms with Gasteiger partial charge >= 0.3 is 8.60 Å². The molecule has 0 aromatic carbocycles. The molecule has 0 spiro atoms. The second-order valence-corrected chi connectivity index (χ2v) is 3.36. The first-order valence-electron chi connectivity index (χ1n) is 3.25. The highest BCUT2D eigenvalue weighted by atomic mass is 31.2. The molecule has 58 valence electrons. The van der Waals surface area contributed by atoms with Crippen molar-refractivity contribution in [2.24, 2.45) is 0 Å². The average Bonchev–Trinajstić information content (AvgIpc) is 2.63. The van der Waals surface area contributed by atoms with E-state index >= 15 is 0 Å². The molecule has 2 saturated heterocycles. The van der Waals surface area contributed by atoms with Gasteiger partial charge in [-0.15, -0.1) is 0 Å². The molecule has 0 radical (unpaired) electrons. The van der Waals surface area contributed by atoms with Crippen LogP contribution in [-0.4, -0.2) is 32.5 Å². The van der Waals surface area contributed by atoms with Gasteiger partial charge in [0.2, 0.25) is 0 Å². The molecule has 2 aliphatic heterocycles. The number of hydrogen-bond donors (Lipinski definition) is 0. The molecule has 0 N–H and O–H groups in total. The summed E-state index contributed by atoms with van der Waals surface area (Å²) in [5.41, 5.74) is 0. The minimum Gasteiger partial charge on any atom is -0.371 e. The van der Waals surface area contributed by atoms with Crippen molar-refractivity contribution in [2.75, 3.05) is 26.4 Å². The highest BCUT2D eigenvalue weighted by molar-refractivity contribution is 7.41. The van der Waals surface area contributed by atoms with E-state index in [0.717, 1.165) is 6.61 Å². The van der Waals surface area contributed by atoms with Crippen LogP contribution < -0.4 is 0 Å². The van der Waals surface area contributed by atoms with Gasteiger partial charge in [0.15, 0.2) is 0 Å². The van der Waals surface area contributed by atoms with Crippen LogP contribution in [0.1, 0.15) is 0 Å². The lowest BCUT2D eigenvalue weighted by molar-refractivity contribution is 0.220. The first-order chi connectivity index (χ1) is 4.95. The Morgan fingerprint density at radius 3 is 2.70 bits per heavy atom. The van der Waals surface area contributed by atoms with E-state index in [4.69, 9.17) is 18.3 Å². The SMILES string of the molecule is C1COP(OC[C@H]2CO2)O1. The fourth-order valence-corrected chi connectivity index (χ4v) is 1.60. The van der Waals surface area contributed by atoms with Gasteiger partial charge < -0.3 is 18.3 Å². The monoisotopic (exact) mass is 164 g/mol. The van der Waals surface area contributed by atoms with Crippen molar-refractivity contribution >= 4 is 8.60 Å². The Balaban J connectivity index is 1.59. The fourth-order valence-electron chi connectivity index (χ4n) is 0.644. The van der Waals surface area contributed by atoms with Gasteiger partial charge in [-0.25, -0.2) is 0 Å². The molecular weight excluding hydrogens is 155 g/mol. The van der Waals surface area contributed by atoms with Crippen LogP contribution in [0.5, 0.6) is 0 Å². The van der Waals surface area contributed by atoms with Crippen LogP contribution in [0.25, 0.3) is 0 Å². The standard InChI is InChI=1S/C5H9O4P/c1-2-8-10(7-1)9-4-5-3-6-5/h5H,1-4H2/t5-/m1/s1. The lowest BCUT2D eigenvalue weighted by Gasteiger charge is -2.04. The largest absolute Gasteiger partial charge is 0.371 e. The lowest BCUT2D eigenvalue weighted by atomic mass is 10.5. The van der Waals surface area contributed by atoms with Crippen LogP contribution in [0.4, 0.5) is 0 Å². The summed E-state index contributed by atoms with van der Waals surface area (Å²) in [7, 11) is -1.02. The molecule has 2 aliphatic rings. The summed E-state index contributed by atoms with van der Waals surface area (Å²) >= 11 is 0. The maximum Gasteiger partial charge on any atom is 0.332 e. The molecule has 0 aromatic heterocycles. The van der Waals surface area contributed by atoms with Crippen molar-refractivity contribution in [1.82, 2.24) is 0 Å². The molecule has 2 fully saturated rings. The van der Waals surface area contributed by atoms with Crippen molar-refractivity contribution in [3.05, 3.63) is 0 Å². The summed E-state index contributed by atoms with van der Waals surface area (Å²) in [6.45, 7) is 2.77. The summed E-state index contributed by atoms with van der Waals surface area (Å²) in [6.07, 6.45) is 0.301. The van der Waals surface area contributed by atoms with E-state index < -0.39 is 8.60 Å². The smallest absolute Gasteiger partial charge is 0.332 e. The molecule has 0 unspecified atom stereocenters. The first kappa shape index (κ1) is 6.95. The summed E-state index contributed by atoms with van der Waals surface area (Å²) in [5.74, 6) is 0. The molecule has 0 amide bonds. The Morgan fingerprint density at radius 1 is 1.40 bits per heavy atom. The van der Waals surface area contributed by atoms with Gasteiger partial charge in [0.05, 0.1) is 26.4 Å². The van der Waals surface area contributed by atoms with Crippen molar-refractivity contribution < 1.29 is 18.3 Å². The third-order valence-corrected chi connectivity index (χ3v) is 2.39. The van der Waals surface area contributed by atoms with E-state index in [1.54, 1.807) is 0 Å². The van der Waals surface area contributed by atoms with Crippen LogP contribution in [-0.2, 0) is 18.3 Å². The molecule has 0 bridgehead atoms. The summed E-state index contributed by atoms with van der Waals surface area (Å²) < 4.78 is 20.4. The van der Waals surface area contributed by atoms with Crippen molar-refractivity contribution in [1.29, 1.82) is 0 Å². The van der Waals surface area contributed by atoms with Gasteiger partial charge in [0.1, 0.15) is 6.10 Å². The normalized spacial score (nSPS) is 33.0. The fraction of sp³-hybridized carbons (Fsp3) is 1.00. The minimum absolute atomic E-state index is 0.301. The summed E-state index contributed by atoms with van der Waals surface area (Å²) in [4.78, 5) is 0. The second-order valence-electron chi connectivity index (χ2n) is 2.14. The molecule has 0 saturated carbocycles. The molecule has 1 atom stereocenters. The molecule has 2 heterocycles. The van der Waals surface area contributed by atoms with E-state index in [0.29, 0.717) is 25.9 Å². The Hall–Kier alpha value is 0.270. The van der Waals surface area contributed by atoms with Gasteiger partial charge in [-0.1, -0.05) is 0 Å². The van der Waals surface area contributed by atoms with E-state index in [2.05, 4.69) is 0 Å². The third-order valence-electron chi connectivity index (χ3n) is 1.24. The van der Waals surface area contributed by atoms with Crippen LogP contribution in [0, 0.1) is 0 Å². The van der Waals surface area contributed by atoms with Gasteiger partial charge in [-0.2, -0.15) is 0 Å². The zero-order chi connectivity index (χ0) is 6.81. The topological polar surface area (TPSA) is 40.2 Å². The van der Waals surface area contributed by atoms with Gasteiger partial charge in [-0.05, 0) is 0 Å². The number of rotatable bonds is 3. The molecule has 10 heavy (non-hydrogen) atoms. The molecule has 5 heteroatoms. The van der Waals surface area contributed by atoms with Gasteiger partial charge in [0.25, 0.3) is 0 Å².